The molecule has 2 N–H and O–H groups in total. The summed E-state index contributed by atoms with van der Waals surface area (Å²) in [5.41, 5.74) is 1.48. The van der Waals surface area contributed by atoms with Crippen molar-refractivity contribution in [1.29, 1.82) is 0 Å². The summed E-state index contributed by atoms with van der Waals surface area (Å²) in [6.45, 7) is 0.275. The average Bonchev–Trinajstić information content (AvgIpc) is 2.27. The van der Waals surface area contributed by atoms with Gasteiger partial charge in [-0.25, -0.2) is 4.79 Å². The van der Waals surface area contributed by atoms with Crippen LogP contribution in [0.1, 0.15) is 17.0 Å². The highest BCUT2D eigenvalue weighted by Crippen LogP contribution is 2.28. The standard InChI is InChI=1S/C11H11NO4/c13-10(14)9-6-12(11(15)16)5-7-3-1-2-4-8(7)9/h1-4,9H,5-6H2,(H,13,14)(H,15,16). The molecule has 5 heteroatoms. The minimum absolute atomic E-state index is 0.0156. The number of rotatable bonds is 1. The number of benzene rings is 1. The molecular weight excluding hydrogens is 210 g/mol. The average molecular weight is 221 g/mol. The van der Waals surface area contributed by atoms with Crippen molar-refractivity contribution in [1.82, 2.24) is 4.90 Å². The van der Waals surface area contributed by atoms with Crippen molar-refractivity contribution in [3.8, 4) is 0 Å². The third-order valence-electron chi connectivity index (χ3n) is 2.76. The Balaban J connectivity index is 2.41. The van der Waals surface area contributed by atoms with Gasteiger partial charge in [-0.3, -0.25) is 4.79 Å². The van der Waals surface area contributed by atoms with Crippen LogP contribution >= 0.6 is 0 Å². The van der Waals surface area contributed by atoms with Crippen molar-refractivity contribution in [3.05, 3.63) is 35.4 Å². The van der Waals surface area contributed by atoms with Crippen molar-refractivity contribution in [2.45, 2.75) is 12.5 Å². The molecule has 1 aliphatic rings. The Morgan fingerprint density at radius 2 is 1.94 bits per heavy atom. The maximum absolute atomic E-state index is 11.1. The molecule has 1 aliphatic heterocycles. The molecule has 0 fully saturated rings. The van der Waals surface area contributed by atoms with Gasteiger partial charge >= 0.3 is 12.1 Å². The maximum Gasteiger partial charge on any atom is 0.407 e. The van der Waals surface area contributed by atoms with Crippen LogP contribution < -0.4 is 0 Å². The van der Waals surface area contributed by atoms with Gasteiger partial charge in [0.25, 0.3) is 0 Å². The second-order valence-corrected chi connectivity index (χ2v) is 3.75. The molecule has 2 rings (SSSR count). The van der Waals surface area contributed by atoms with E-state index in [-0.39, 0.29) is 13.1 Å². The molecule has 1 aromatic rings. The number of hydrogen-bond donors (Lipinski definition) is 2. The summed E-state index contributed by atoms with van der Waals surface area (Å²) in [6, 6.07) is 7.06. The van der Waals surface area contributed by atoms with Gasteiger partial charge in [0.05, 0.1) is 5.92 Å². The molecule has 16 heavy (non-hydrogen) atoms. The summed E-state index contributed by atoms with van der Waals surface area (Å²) < 4.78 is 0. The van der Waals surface area contributed by atoms with E-state index in [9.17, 15) is 9.59 Å². The van der Waals surface area contributed by atoms with Gasteiger partial charge in [0.2, 0.25) is 0 Å². The number of carboxylic acids is 1. The second kappa shape index (κ2) is 3.84. The molecule has 1 unspecified atom stereocenters. The molecule has 0 saturated heterocycles. The summed E-state index contributed by atoms with van der Waals surface area (Å²) >= 11 is 0. The smallest absolute Gasteiger partial charge is 0.407 e. The summed E-state index contributed by atoms with van der Waals surface area (Å²) in [6.07, 6.45) is -1.08. The third-order valence-corrected chi connectivity index (χ3v) is 2.76. The minimum Gasteiger partial charge on any atom is -0.481 e. The number of aliphatic carboxylic acids is 1. The summed E-state index contributed by atoms with van der Waals surface area (Å²) in [5, 5.41) is 18.0. The Kier molecular flexibility index (Phi) is 2.52. The normalized spacial score (nSPS) is 19.0. The van der Waals surface area contributed by atoms with E-state index in [0.717, 1.165) is 10.5 Å². The van der Waals surface area contributed by atoms with Crippen molar-refractivity contribution in [2.24, 2.45) is 0 Å². The topological polar surface area (TPSA) is 77.8 Å². The van der Waals surface area contributed by atoms with E-state index in [1.165, 1.54) is 0 Å². The number of nitrogens with zero attached hydrogens (tertiary/aromatic N) is 1. The number of fused-ring (bicyclic) bond motifs is 1. The fourth-order valence-corrected chi connectivity index (χ4v) is 1.96. The lowest BCUT2D eigenvalue weighted by Gasteiger charge is -2.30. The Morgan fingerprint density at radius 1 is 1.25 bits per heavy atom. The highest BCUT2D eigenvalue weighted by molar-refractivity contribution is 5.79. The van der Waals surface area contributed by atoms with Crippen LogP contribution in [-0.4, -0.2) is 33.7 Å². The molecule has 1 amide bonds. The predicted molar refractivity (Wildman–Crippen MR) is 55.3 cm³/mol. The number of carboxylic acid groups (broad SMARTS) is 2. The maximum atomic E-state index is 11.1. The molecule has 0 aliphatic carbocycles. The minimum atomic E-state index is -1.08. The van der Waals surface area contributed by atoms with Gasteiger partial charge in [-0.2, -0.15) is 0 Å². The van der Waals surface area contributed by atoms with Crippen molar-refractivity contribution in [3.63, 3.8) is 0 Å². The zero-order valence-electron chi connectivity index (χ0n) is 8.46. The van der Waals surface area contributed by atoms with Gasteiger partial charge in [0.1, 0.15) is 0 Å². The molecular formula is C11H11NO4. The molecule has 1 atom stereocenters. The molecule has 84 valence electrons. The number of carbonyl (C=O) groups is 2. The Bertz CT molecular complexity index is 443. The quantitative estimate of drug-likeness (QED) is 0.750. The zero-order chi connectivity index (χ0) is 11.7. The predicted octanol–water partition coefficient (Wildman–Crippen LogP) is 1.35. The second-order valence-electron chi connectivity index (χ2n) is 3.75. The van der Waals surface area contributed by atoms with Crippen molar-refractivity contribution in [2.75, 3.05) is 6.54 Å². The van der Waals surface area contributed by atoms with E-state index in [1.54, 1.807) is 24.3 Å². The van der Waals surface area contributed by atoms with Gasteiger partial charge in [-0.05, 0) is 11.1 Å². The SMILES string of the molecule is O=C(O)C1CN(C(=O)O)Cc2ccccc21. The van der Waals surface area contributed by atoms with Crippen LogP contribution in [0.2, 0.25) is 0 Å². The first-order chi connectivity index (χ1) is 7.59. The molecule has 1 heterocycles. The Hall–Kier alpha value is -2.04. The van der Waals surface area contributed by atoms with Gasteiger partial charge in [0, 0.05) is 13.1 Å². The largest absolute Gasteiger partial charge is 0.481 e. The van der Waals surface area contributed by atoms with E-state index in [1.807, 2.05) is 0 Å². The third kappa shape index (κ3) is 1.71. The summed E-state index contributed by atoms with van der Waals surface area (Å²) in [7, 11) is 0. The fourth-order valence-electron chi connectivity index (χ4n) is 1.96. The monoisotopic (exact) mass is 221 g/mol. The van der Waals surface area contributed by atoms with E-state index < -0.39 is 18.0 Å². The van der Waals surface area contributed by atoms with E-state index in [4.69, 9.17) is 10.2 Å². The molecule has 0 radical (unpaired) electrons. The first kappa shape index (κ1) is 10.5. The van der Waals surface area contributed by atoms with E-state index in [0.29, 0.717) is 5.56 Å². The molecule has 0 saturated carbocycles. The summed E-state index contributed by atoms with van der Waals surface area (Å²) in [4.78, 5) is 23.1. The van der Waals surface area contributed by atoms with Crippen molar-refractivity contribution < 1.29 is 19.8 Å². The molecule has 0 aromatic heterocycles. The molecule has 1 aromatic carbocycles. The lowest BCUT2D eigenvalue weighted by Crippen LogP contribution is -2.39. The molecule has 0 bridgehead atoms. The Labute approximate surface area is 91.9 Å². The van der Waals surface area contributed by atoms with Crippen LogP contribution in [0, 0.1) is 0 Å². The lowest BCUT2D eigenvalue weighted by molar-refractivity contribution is -0.139. The van der Waals surface area contributed by atoms with Crippen LogP contribution in [0.25, 0.3) is 0 Å². The highest BCUT2D eigenvalue weighted by Gasteiger charge is 2.32. The zero-order valence-corrected chi connectivity index (χ0v) is 8.46. The van der Waals surface area contributed by atoms with Crippen LogP contribution in [0.3, 0.4) is 0 Å². The first-order valence-electron chi connectivity index (χ1n) is 4.88. The highest BCUT2D eigenvalue weighted by atomic mass is 16.4. The van der Waals surface area contributed by atoms with Crippen LogP contribution in [-0.2, 0) is 11.3 Å². The van der Waals surface area contributed by atoms with E-state index >= 15 is 0 Å². The van der Waals surface area contributed by atoms with Crippen LogP contribution in [0.5, 0.6) is 0 Å². The number of hydrogen-bond acceptors (Lipinski definition) is 2. The van der Waals surface area contributed by atoms with Crippen molar-refractivity contribution >= 4 is 12.1 Å². The van der Waals surface area contributed by atoms with Gasteiger partial charge in [-0.15, -0.1) is 0 Å². The lowest BCUT2D eigenvalue weighted by atomic mass is 9.90. The van der Waals surface area contributed by atoms with Gasteiger partial charge < -0.3 is 15.1 Å². The molecule has 0 spiro atoms. The fraction of sp³-hybridized carbons (Fsp3) is 0.273. The number of amides is 1. The summed E-state index contributed by atoms with van der Waals surface area (Å²) in [5.74, 6) is -1.75. The first-order valence-corrected chi connectivity index (χ1v) is 4.88. The molecule has 5 nitrogen and oxygen atoms in total. The van der Waals surface area contributed by atoms with Crippen LogP contribution in [0.4, 0.5) is 4.79 Å². The Morgan fingerprint density at radius 3 is 2.56 bits per heavy atom. The van der Waals surface area contributed by atoms with Gasteiger partial charge in [0.15, 0.2) is 0 Å². The van der Waals surface area contributed by atoms with E-state index in [2.05, 4.69) is 0 Å². The van der Waals surface area contributed by atoms with Crippen LogP contribution in [0.15, 0.2) is 24.3 Å². The van der Waals surface area contributed by atoms with Gasteiger partial charge in [-0.1, -0.05) is 24.3 Å².